The van der Waals surface area contributed by atoms with Gasteiger partial charge in [0.05, 0.1) is 0 Å². The summed E-state index contributed by atoms with van der Waals surface area (Å²) in [6.45, 7) is 8.97. The summed E-state index contributed by atoms with van der Waals surface area (Å²) in [6.07, 6.45) is 0. The monoisotopic (exact) mass is 221 g/mol. The molecule has 0 saturated carbocycles. The van der Waals surface area contributed by atoms with Gasteiger partial charge in [-0.1, -0.05) is 26.8 Å². The second-order valence-electron chi connectivity index (χ2n) is 5.28. The minimum Gasteiger partial charge on any atom is -0.373 e. The topological polar surface area (TPSA) is 28.2 Å². The molecule has 1 aromatic rings. The lowest BCUT2D eigenvalue weighted by atomic mass is 9.87. The quantitative estimate of drug-likeness (QED) is 0.850. The van der Waals surface area contributed by atoms with Gasteiger partial charge in [-0.3, -0.25) is 0 Å². The smallest absolute Gasteiger partial charge is 0.130 e. The molecule has 1 N–H and O–H groups in total. The normalized spacial score (nSPS) is 13.4. The fourth-order valence-corrected chi connectivity index (χ4v) is 1.54. The zero-order chi connectivity index (χ0) is 12.3. The van der Waals surface area contributed by atoms with E-state index >= 15 is 0 Å². The molecule has 16 heavy (non-hydrogen) atoms. The first-order chi connectivity index (χ1) is 7.36. The third-order valence-electron chi connectivity index (χ3n) is 3.19. The van der Waals surface area contributed by atoms with Crippen molar-refractivity contribution < 1.29 is 0 Å². The average Bonchev–Trinajstić information content (AvgIpc) is 2.26. The Hall–Kier alpha value is -1.25. The number of aromatic nitrogens is 1. The number of anilines is 2. The zero-order valence-corrected chi connectivity index (χ0v) is 11.2. The van der Waals surface area contributed by atoms with Crippen molar-refractivity contribution in [2.75, 3.05) is 24.3 Å². The molecule has 0 fully saturated rings. The highest BCUT2D eigenvalue weighted by molar-refractivity contribution is 5.47. The van der Waals surface area contributed by atoms with Crippen LogP contribution in [-0.4, -0.2) is 25.1 Å². The molecule has 0 aliphatic heterocycles. The van der Waals surface area contributed by atoms with Gasteiger partial charge < -0.3 is 10.2 Å². The predicted molar refractivity (Wildman–Crippen MR) is 71.1 cm³/mol. The van der Waals surface area contributed by atoms with Crippen LogP contribution in [0.4, 0.5) is 11.6 Å². The van der Waals surface area contributed by atoms with Gasteiger partial charge in [0.25, 0.3) is 0 Å². The number of nitrogens with zero attached hydrogens (tertiary/aromatic N) is 2. The van der Waals surface area contributed by atoms with E-state index in [0.29, 0.717) is 6.04 Å². The fraction of sp³-hybridized carbons (Fsp3) is 0.615. The van der Waals surface area contributed by atoms with Gasteiger partial charge in [-0.25, -0.2) is 4.98 Å². The number of hydrogen-bond donors (Lipinski definition) is 1. The molecular formula is C13H23N3. The van der Waals surface area contributed by atoms with Crippen LogP contribution in [0.25, 0.3) is 0 Å². The Balaban J connectivity index is 2.91. The summed E-state index contributed by atoms with van der Waals surface area (Å²) in [7, 11) is 3.98. The molecule has 1 unspecified atom stereocenters. The van der Waals surface area contributed by atoms with Gasteiger partial charge in [0, 0.05) is 20.1 Å². The van der Waals surface area contributed by atoms with Crippen molar-refractivity contribution in [3.8, 4) is 0 Å². The van der Waals surface area contributed by atoms with E-state index < -0.39 is 0 Å². The Morgan fingerprint density at radius 1 is 1.31 bits per heavy atom. The van der Waals surface area contributed by atoms with E-state index in [1.165, 1.54) is 0 Å². The Bertz CT molecular complexity index is 341. The Morgan fingerprint density at radius 2 is 1.94 bits per heavy atom. The largest absolute Gasteiger partial charge is 0.373 e. The lowest BCUT2D eigenvalue weighted by Crippen LogP contribution is -2.39. The number of rotatable bonds is 3. The third-order valence-corrected chi connectivity index (χ3v) is 3.19. The standard InChI is InChI=1S/C13H23N3/c1-10(13(2,3)4)16(6)12-9-7-8-11(14-5)15-12/h7-10H,1-6H3,(H,14,15). The van der Waals surface area contributed by atoms with E-state index in [0.717, 1.165) is 11.6 Å². The van der Waals surface area contributed by atoms with E-state index in [2.05, 4.69) is 49.9 Å². The summed E-state index contributed by atoms with van der Waals surface area (Å²) in [5, 5.41) is 3.06. The molecule has 1 aromatic heterocycles. The van der Waals surface area contributed by atoms with Crippen LogP contribution >= 0.6 is 0 Å². The van der Waals surface area contributed by atoms with Gasteiger partial charge in [-0.05, 0) is 24.5 Å². The molecule has 0 saturated heterocycles. The Morgan fingerprint density at radius 3 is 2.44 bits per heavy atom. The molecule has 0 aliphatic carbocycles. The number of nitrogens with one attached hydrogen (secondary N) is 1. The van der Waals surface area contributed by atoms with E-state index in [4.69, 9.17) is 0 Å². The van der Waals surface area contributed by atoms with E-state index in [-0.39, 0.29) is 5.41 Å². The molecule has 0 spiro atoms. The molecule has 1 rings (SSSR count). The highest BCUT2D eigenvalue weighted by Crippen LogP contribution is 2.26. The summed E-state index contributed by atoms with van der Waals surface area (Å²) in [4.78, 5) is 6.76. The van der Waals surface area contributed by atoms with Crippen molar-refractivity contribution in [3.63, 3.8) is 0 Å². The molecule has 0 amide bonds. The van der Waals surface area contributed by atoms with Crippen molar-refractivity contribution in [3.05, 3.63) is 18.2 Å². The summed E-state index contributed by atoms with van der Waals surface area (Å²) in [5.74, 6) is 1.92. The summed E-state index contributed by atoms with van der Waals surface area (Å²) < 4.78 is 0. The summed E-state index contributed by atoms with van der Waals surface area (Å²) in [6, 6.07) is 6.48. The lowest BCUT2D eigenvalue weighted by molar-refractivity contribution is 0.328. The van der Waals surface area contributed by atoms with Crippen LogP contribution in [0.3, 0.4) is 0 Å². The maximum Gasteiger partial charge on any atom is 0.130 e. The van der Waals surface area contributed by atoms with Crippen LogP contribution in [0.1, 0.15) is 27.7 Å². The first kappa shape index (κ1) is 12.8. The first-order valence-corrected chi connectivity index (χ1v) is 5.74. The maximum absolute atomic E-state index is 4.54. The Kier molecular flexibility index (Phi) is 3.79. The predicted octanol–water partition coefficient (Wildman–Crippen LogP) is 2.99. The SMILES string of the molecule is CNc1cccc(N(C)C(C)C(C)(C)C)n1. The average molecular weight is 221 g/mol. The van der Waals surface area contributed by atoms with Gasteiger partial charge in [-0.2, -0.15) is 0 Å². The number of pyridine rings is 1. The van der Waals surface area contributed by atoms with E-state index in [9.17, 15) is 0 Å². The van der Waals surface area contributed by atoms with Gasteiger partial charge in [0.15, 0.2) is 0 Å². The highest BCUT2D eigenvalue weighted by atomic mass is 15.2. The van der Waals surface area contributed by atoms with E-state index in [1.54, 1.807) is 0 Å². The van der Waals surface area contributed by atoms with Crippen LogP contribution in [0, 0.1) is 5.41 Å². The highest BCUT2D eigenvalue weighted by Gasteiger charge is 2.24. The van der Waals surface area contributed by atoms with Crippen molar-refractivity contribution in [2.45, 2.75) is 33.7 Å². The van der Waals surface area contributed by atoms with Gasteiger partial charge in [0.2, 0.25) is 0 Å². The third kappa shape index (κ3) is 2.87. The molecule has 3 heteroatoms. The molecule has 90 valence electrons. The van der Waals surface area contributed by atoms with Crippen molar-refractivity contribution >= 4 is 11.6 Å². The molecule has 0 aliphatic rings. The van der Waals surface area contributed by atoms with Crippen molar-refractivity contribution in [1.82, 2.24) is 4.98 Å². The van der Waals surface area contributed by atoms with Gasteiger partial charge >= 0.3 is 0 Å². The zero-order valence-electron chi connectivity index (χ0n) is 11.2. The van der Waals surface area contributed by atoms with Crippen LogP contribution in [0.5, 0.6) is 0 Å². The van der Waals surface area contributed by atoms with Gasteiger partial charge in [0.1, 0.15) is 11.6 Å². The van der Waals surface area contributed by atoms with E-state index in [1.807, 2.05) is 25.2 Å². The molecule has 3 nitrogen and oxygen atoms in total. The second-order valence-corrected chi connectivity index (χ2v) is 5.28. The minimum atomic E-state index is 0.242. The first-order valence-electron chi connectivity index (χ1n) is 5.74. The molecular weight excluding hydrogens is 198 g/mol. The molecule has 1 atom stereocenters. The van der Waals surface area contributed by atoms with Crippen LogP contribution in [0.15, 0.2) is 18.2 Å². The summed E-state index contributed by atoms with van der Waals surface area (Å²) >= 11 is 0. The van der Waals surface area contributed by atoms with Crippen LogP contribution in [0.2, 0.25) is 0 Å². The van der Waals surface area contributed by atoms with Crippen LogP contribution < -0.4 is 10.2 Å². The fourth-order valence-electron chi connectivity index (χ4n) is 1.54. The minimum absolute atomic E-state index is 0.242. The Labute approximate surface area is 98.9 Å². The molecule has 0 radical (unpaired) electrons. The molecule has 0 bridgehead atoms. The maximum atomic E-state index is 4.54. The lowest BCUT2D eigenvalue weighted by Gasteiger charge is -2.36. The molecule has 1 heterocycles. The van der Waals surface area contributed by atoms with Gasteiger partial charge in [-0.15, -0.1) is 0 Å². The van der Waals surface area contributed by atoms with Crippen LogP contribution in [-0.2, 0) is 0 Å². The second kappa shape index (κ2) is 4.73. The number of hydrogen-bond acceptors (Lipinski definition) is 3. The summed E-state index contributed by atoms with van der Waals surface area (Å²) in [5.41, 5.74) is 0.242. The van der Waals surface area contributed by atoms with Crippen molar-refractivity contribution in [2.24, 2.45) is 5.41 Å². The van der Waals surface area contributed by atoms with Crippen molar-refractivity contribution in [1.29, 1.82) is 0 Å². The molecule has 0 aromatic carbocycles.